The number of Topliss-reactive ketones (excluding diaryl/α,β-unsaturated/α-hetero) is 1. The number of hydrogen-bond donors (Lipinski definition) is 1. The van der Waals surface area contributed by atoms with E-state index in [1.165, 1.54) is 53.3 Å². The number of ketones is 1. The van der Waals surface area contributed by atoms with Crippen LogP contribution in [0.15, 0.2) is 32.6 Å². The summed E-state index contributed by atoms with van der Waals surface area (Å²) in [5.41, 5.74) is 6.40. The standard InChI is InChI=1S/C19H20Cl2N4O2S/c1-2-3-4-5-6-7-15-24-25-17(22)12(18(27)23-19(25)28-15)8-11-9-13(20)16(26)14(21)10-11/h8-10H,2-7,22H2,1H3. The van der Waals surface area contributed by atoms with Crippen molar-refractivity contribution in [1.82, 2.24) is 14.6 Å². The molecule has 148 valence electrons. The van der Waals surface area contributed by atoms with Gasteiger partial charge in [0, 0.05) is 6.42 Å². The number of rotatable bonds is 7. The molecule has 1 aliphatic rings. The van der Waals surface area contributed by atoms with Crippen LogP contribution in [0.3, 0.4) is 0 Å². The lowest BCUT2D eigenvalue weighted by atomic mass is 10.1. The van der Waals surface area contributed by atoms with Crippen LogP contribution in [0.1, 0.15) is 49.6 Å². The summed E-state index contributed by atoms with van der Waals surface area (Å²) in [7, 11) is 0. The van der Waals surface area contributed by atoms with Crippen molar-refractivity contribution in [2.24, 2.45) is 0 Å². The lowest BCUT2D eigenvalue weighted by molar-refractivity contribution is -0.111. The zero-order valence-electron chi connectivity index (χ0n) is 15.4. The number of fused-ring (bicyclic) bond motifs is 1. The van der Waals surface area contributed by atoms with Crippen LogP contribution in [-0.2, 0) is 11.2 Å². The number of unbranched alkanes of at least 4 members (excludes halogenated alkanes) is 4. The Bertz CT molecular complexity index is 1040. The average molecular weight is 439 g/mol. The molecule has 2 aromatic heterocycles. The van der Waals surface area contributed by atoms with Crippen LogP contribution < -0.4 is 11.3 Å². The predicted molar refractivity (Wildman–Crippen MR) is 115 cm³/mol. The van der Waals surface area contributed by atoms with Crippen molar-refractivity contribution in [2.75, 3.05) is 5.73 Å². The van der Waals surface area contributed by atoms with Gasteiger partial charge in [-0.2, -0.15) is 14.6 Å². The molecule has 9 heteroatoms. The zero-order chi connectivity index (χ0) is 20.3. The topological polar surface area (TPSA) is 90.4 Å². The number of nitrogen functional groups attached to an aromatic ring is 1. The Balaban J connectivity index is 1.89. The Labute approximate surface area is 176 Å². The normalized spacial score (nSPS) is 14.4. The third-order valence-electron chi connectivity index (χ3n) is 4.36. The molecular formula is C19H20Cl2N4O2S. The molecule has 1 aliphatic carbocycles. The lowest BCUT2D eigenvalue weighted by Gasteiger charge is -2.07. The molecule has 0 bridgehead atoms. The molecule has 0 amide bonds. The summed E-state index contributed by atoms with van der Waals surface area (Å²) in [5.74, 6) is -0.260. The predicted octanol–water partition coefficient (Wildman–Crippen LogP) is 4.46. The molecule has 28 heavy (non-hydrogen) atoms. The summed E-state index contributed by atoms with van der Waals surface area (Å²) in [6.45, 7) is 2.19. The van der Waals surface area contributed by atoms with Crippen molar-refractivity contribution in [3.8, 4) is 0 Å². The lowest BCUT2D eigenvalue weighted by Crippen LogP contribution is -2.17. The van der Waals surface area contributed by atoms with Gasteiger partial charge in [-0.3, -0.25) is 9.59 Å². The number of carbonyl (C=O) groups is 1. The molecular weight excluding hydrogens is 419 g/mol. The van der Waals surface area contributed by atoms with E-state index in [1.54, 1.807) is 0 Å². The largest absolute Gasteiger partial charge is 0.383 e. The van der Waals surface area contributed by atoms with Gasteiger partial charge in [0.05, 0.1) is 15.6 Å². The summed E-state index contributed by atoms with van der Waals surface area (Å²) in [6, 6.07) is 0. The van der Waals surface area contributed by atoms with Crippen LogP contribution in [-0.4, -0.2) is 20.4 Å². The average Bonchev–Trinajstić information content (AvgIpc) is 3.05. The first-order valence-corrected chi connectivity index (χ1v) is 10.7. The molecule has 0 saturated heterocycles. The zero-order valence-corrected chi connectivity index (χ0v) is 17.7. The third-order valence-corrected chi connectivity index (χ3v) is 5.89. The van der Waals surface area contributed by atoms with Crippen LogP contribution in [0.25, 0.3) is 11.0 Å². The highest BCUT2D eigenvalue weighted by Crippen LogP contribution is 2.26. The summed E-state index contributed by atoms with van der Waals surface area (Å²) < 4.78 is 1.49. The summed E-state index contributed by atoms with van der Waals surface area (Å²) in [4.78, 5) is 28.7. The number of halogens is 2. The van der Waals surface area contributed by atoms with Crippen molar-refractivity contribution >= 4 is 57.2 Å². The molecule has 0 aliphatic heterocycles. The van der Waals surface area contributed by atoms with Gasteiger partial charge in [-0.25, -0.2) is 0 Å². The summed E-state index contributed by atoms with van der Waals surface area (Å²) in [5, 5.41) is 5.36. The maximum Gasteiger partial charge on any atom is 0.283 e. The molecule has 0 unspecified atom stereocenters. The summed E-state index contributed by atoms with van der Waals surface area (Å²) in [6.07, 6.45) is 11.1. The Morgan fingerprint density at radius 3 is 2.50 bits per heavy atom. The minimum absolute atomic E-state index is 0.0227. The maximum absolute atomic E-state index is 12.5. The first kappa shape index (κ1) is 20.8. The van der Waals surface area contributed by atoms with Crippen LogP contribution >= 0.6 is 34.5 Å². The third kappa shape index (κ3) is 4.54. The van der Waals surface area contributed by atoms with Gasteiger partial charge in [-0.1, -0.05) is 67.1 Å². The van der Waals surface area contributed by atoms with E-state index in [-0.39, 0.29) is 21.4 Å². The van der Waals surface area contributed by atoms with Crippen LogP contribution in [0.2, 0.25) is 0 Å². The molecule has 0 saturated carbocycles. The Morgan fingerprint density at radius 2 is 1.82 bits per heavy atom. The van der Waals surface area contributed by atoms with E-state index < -0.39 is 11.3 Å². The Hall–Kier alpha value is -1.96. The fourth-order valence-corrected chi connectivity index (χ4v) is 4.30. The van der Waals surface area contributed by atoms with Crippen molar-refractivity contribution in [1.29, 1.82) is 0 Å². The second kappa shape index (κ2) is 9.03. The SMILES string of the molecule is CCCCCCCc1nn2c(N)c(C=C3C=C(Cl)C(=O)C(Cl)=C3)c(=O)nc2s1. The Kier molecular flexibility index (Phi) is 6.69. The molecule has 0 fully saturated rings. The van der Waals surface area contributed by atoms with Crippen molar-refractivity contribution in [3.05, 3.63) is 48.7 Å². The fraction of sp³-hybridized carbons (Fsp3) is 0.368. The molecule has 0 spiro atoms. The number of nitrogens with two attached hydrogens (primary N) is 1. The molecule has 6 nitrogen and oxygen atoms in total. The highest BCUT2D eigenvalue weighted by atomic mass is 35.5. The number of aryl methyl sites for hydroxylation is 1. The second-order valence-electron chi connectivity index (χ2n) is 6.53. The van der Waals surface area contributed by atoms with Gasteiger partial charge in [-0.15, -0.1) is 0 Å². The number of allylic oxidation sites excluding steroid dienone is 5. The van der Waals surface area contributed by atoms with Gasteiger partial charge in [0.15, 0.2) is 0 Å². The van der Waals surface area contributed by atoms with Crippen LogP contribution in [0.5, 0.6) is 0 Å². The Morgan fingerprint density at radius 1 is 1.14 bits per heavy atom. The first-order valence-electron chi connectivity index (χ1n) is 9.09. The molecule has 2 N–H and O–H groups in total. The highest BCUT2D eigenvalue weighted by Gasteiger charge is 2.18. The van der Waals surface area contributed by atoms with Crippen molar-refractivity contribution in [2.45, 2.75) is 45.4 Å². The van der Waals surface area contributed by atoms with Crippen molar-refractivity contribution < 1.29 is 4.79 Å². The monoisotopic (exact) mass is 438 g/mol. The molecule has 2 heterocycles. The quantitative estimate of drug-likeness (QED) is 0.644. The fourth-order valence-electron chi connectivity index (χ4n) is 2.87. The second-order valence-corrected chi connectivity index (χ2v) is 8.38. The van der Waals surface area contributed by atoms with Crippen molar-refractivity contribution in [3.63, 3.8) is 0 Å². The van der Waals surface area contributed by atoms with Crippen LogP contribution in [0.4, 0.5) is 5.82 Å². The van der Waals surface area contributed by atoms with E-state index in [1.807, 2.05) is 0 Å². The number of hydrogen-bond acceptors (Lipinski definition) is 6. The van der Waals surface area contributed by atoms with E-state index in [9.17, 15) is 9.59 Å². The molecule has 0 radical (unpaired) electrons. The van der Waals surface area contributed by atoms with E-state index in [0.29, 0.717) is 10.5 Å². The van der Waals surface area contributed by atoms with Crippen LogP contribution in [0, 0.1) is 0 Å². The molecule has 3 rings (SSSR count). The van der Waals surface area contributed by atoms with Gasteiger partial charge in [0.25, 0.3) is 5.56 Å². The molecule has 0 atom stereocenters. The van der Waals surface area contributed by atoms with Gasteiger partial charge in [-0.05, 0) is 30.2 Å². The minimum Gasteiger partial charge on any atom is -0.383 e. The number of carbonyl (C=O) groups excluding carboxylic acids is 1. The van der Waals surface area contributed by atoms with Gasteiger partial charge in [0.1, 0.15) is 10.8 Å². The van der Waals surface area contributed by atoms with Gasteiger partial charge >= 0.3 is 0 Å². The van der Waals surface area contributed by atoms with E-state index in [4.69, 9.17) is 28.9 Å². The molecule has 0 aromatic carbocycles. The van der Waals surface area contributed by atoms with Gasteiger partial charge in [0.2, 0.25) is 10.7 Å². The smallest absolute Gasteiger partial charge is 0.283 e. The number of nitrogens with zero attached hydrogens (tertiary/aromatic N) is 3. The number of anilines is 1. The summed E-state index contributed by atoms with van der Waals surface area (Å²) >= 11 is 13.1. The highest BCUT2D eigenvalue weighted by molar-refractivity contribution is 7.16. The number of aromatic nitrogens is 3. The molecule has 2 aromatic rings. The first-order chi connectivity index (χ1) is 13.4. The van der Waals surface area contributed by atoms with E-state index in [2.05, 4.69) is 17.0 Å². The van der Waals surface area contributed by atoms with Gasteiger partial charge < -0.3 is 5.73 Å². The van der Waals surface area contributed by atoms with E-state index in [0.717, 1.165) is 24.3 Å². The maximum atomic E-state index is 12.5. The minimum atomic E-state index is -0.464. The van der Waals surface area contributed by atoms with E-state index >= 15 is 0 Å².